The summed E-state index contributed by atoms with van der Waals surface area (Å²) >= 11 is 0. The average Bonchev–Trinajstić information content (AvgIpc) is 3.30. The molecule has 1 amide bonds. The smallest absolute Gasteiger partial charge is 0.240 e. The molecule has 1 aromatic heterocycles. The van der Waals surface area contributed by atoms with Gasteiger partial charge in [-0.05, 0) is 25.9 Å². The summed E-state index contributed by atoms with van der Waals surface area (Å²) in [6.07, 6.45) is 4.25. The van der Waals surface area contributed by atoms with Gasteiger partial charge in [-0.25, -0.2) is 0 Å². The molecule has 8 nitrogen and oxygen atoms in total. The number of carbonyl (C=O) groups is 1. The van der Waals surface area contributed by atoms with Crippen LogP contribution in [0.1, 0.15) is 57.7 Å². The van der Waals surface area contributed by atoms with Crippen molar-refractivity contribution in [2.24, 2.45) is 0 Å². The molecule has 28 heavy (non-hydrogen) atoms. The molecule has 0 aromatic carbocycles. The van der Waals surface area contributed by atoms with Crippen LogP contribution in [0.4, 0.5) is 0 Å². The predicted octanol–water partition coefficient (Wildman–Crippen LogP) is 2.02. The molecule has 2 aliphatic rings. The maximum absolute atomic E-state index is 12.6. The lowest BCUT2D eigenvalue weighted by Gasteiger charge is -2.29. The van der Waals surface area contributed by atoms with E-state index in [0.717, 1.165) is 45.3 Å². The highest BCUT2D eigenvalue weighted by Gasteiger charge is 2.41. The maximum Gasteiger partial charge on any atom is 0.240 e. The van der Waals surface area contributed by atoms with Gasteiger partial charge < -0.3 is 19.9 Å². The van der Waals surface area contributed by atoms with Gasteiger partial charge in [0.05, 0.1) is 19.8 Å². The molecule has 0 radical (unpaired) electrons. The Morgan fingerprint density at radius 1 is 1.29 bits per heavy atom. The van der Waals surface area contributed by atoms with Gasteiger partial charge in [0.2, 0.25) is 11.8 Å². The molecule has 1 saturated carbocycles. The number of amides is 1. The van der Waals surface area contributed by atoms with E-state index in [2.05, 4.69) is 39.5 Å². The molecule has 0 bridgehead atoms. The van der Waals surface area contributed by atoms with E-state index in [-0.39, 0.29) is 36.8 Å². The Labute approximate surface area is 179 Å². The highest BCUT2D eigenvalue weighted by molar-refractivity contribution is 5.85. The number of aromatic nitrogens is 2. The molecule has 1 unspecified atom stereocenters. The standard InChI is InChI=1S/C18H31N5O3.2ClH/c1-3-23(4-2)12-16-20-17(22-26-16)18(7-5-6-8-18)21-15(24)11-14-13-25-10-9-19-14;;/h14,19H,3-13H2,1-2H3,(H,21,24);2*1H. The van der Waals surface area contributed by atoms with E-state index < -0.39 is 5.54 Å². The number of rotatable bonds is 8. The van der Waals surface area contributed by atoms with Gasteiger partial charge in [-0.2, -0.15) is 4.98 Å². The number of hydrogen-bond acceptors (Lipinski definition) is 7. The molecule has 1 atom stereocenters. The molecule has 1 saturated heterocycles. The van der Waals surface area contributed by atoms with Crippen LogP contribution in [0.25, 0.3) is 0 Å². The quantitative estimate of drug-likeness (QED) is 0.642. The summed E-state index contributed by atoms with van der Waals surface area (Å²) in [5.74, 6) is 1.26. The van der Waals surface area contributed by atoms with Gasteiger partial charge in [-0.15, -0.1) is 24.8 Å². The molecule has 3 rings (SSSR count). The summed E-state index contributed by atoms with van der Waals surface area (Å²) in [4.78, 5) is 19.5. The molecule has 2 N–H and O–H groups in total. The number of hydrogen-bond donors (Lipinski definition) is 2. The summed E-state index contributed by atoms with van der Waals surface area (Å²) < 4.78 is 10.9. The minimum atomic E-state index is -0.488. The predicted molar refractivity (Wildman–Crippen MR) is 111 cm³/mol. The van der Waals surface area contributed by atoms with Crippen LogP contribution in [0.2, 0.25) is 0 Å². The monoisotopic (exact) mass is 437 g/mol. The largest absolute Gasteiger partial charge is 0.378 e. The molecular formula is C18H33Cl2N5O3. The molecule has 10 heteroatoms. The van der Waals surface area contributed by atoms with E-state index in [1.165, 1.54) is 0 Å². The second-order valence-electron chi connectivity index (χ2n) is 7.24. The van der Waals surface area contributed by atoms with Gasteiger partial charge in [-0.1, -0.05) is 31.8 Å². The van der Waals surface area contributed by atoms with Crippen LogP contribution in [0.3, 0.4) is 0 Å². The first-order valence-electron chi connectivity index (χ1n) is 9.82. The first kappa shape index (κ1) is 25.1. The third-order valence-electron chi connectivity index (χ3n) is 5.42. The van der Waals surface area contributed by atoms with Crippen LogP contribution in [0.15, 0.2) is 4.52 Å². The second-order valence-corrected chi connectivity index (χ2v) is 7.24. The Kier molecular flexibility index (Phi) is 10.7. The van der Waals surface area contributed by atoms with Crippen LogP contribution in [-0.2, 0) is 21.6 Å². The third kappa shape index (κ3) is 6.29. The van der Waals surface area contributed by atoms with Crippen molar-refractivity contribution < 1.29 is 14.1 Å². The van der Waals surface area contributed by atoms with Crippen LogP contribution in [-0.4, -0.2) is 59.8 Å². The van der Waals surface area contributed by atoms with E-state index in [1.807, 2.05) is 0 Å². The van der Waals surface area contributed by atoms with Crippen molar-refractivity contribution in [1.29, 1.82) is 0 Å². The molecule has 2 heterocycles. The minimum absolute atomic E-state index is 0. The third-order valence-corrected chi connectivity index (χ3v) is 5.42. The highest BCUT2D eigenvalue weighted by Crippen LogP contribution is 2.37. The molecule has 1 aromatic rings. The fourth-order valence-electron chi connectivity index (χ4n) is 3.83. The summed E-state index contributed by atoms with van der Waals surface area (Å²) in [6, 6.07) is 0.0747. The Morgan fingerprint density at radius 3 is 2.61 bits per heavy atom. The van der Waals surface area contributed by atoms with E-state index >= 15 is 0 Å². The first-order valence-corrected chi connectivity index (χ1v) is 9.82. The van der Waals surface area contributed by atoms with Crippen molar-refractivity contribution in [1.82, 2.24) is 25.7 Å². The number of carbonyl (C=O) groups excluding carboxylic acids is 1. The summed E-state index contributed by atoms with van der Waals surface area (Å²) in [7, 11) is 0. The van der Waals surface area contributed by atoms with Gasteiger partial charge in [0.1, 0.15) is 5.54 Å². The Hall–Kier alpha value is -0.930. The lowest BCUT2D eigenvalue weighted by Crippen LogP contribution is -2.49. The van der Waals surface area contributed by atoms with E-state index in [9.17, 15) is 4.79 Å². The van der Waals surface area contributed by atoms with Gasteiger partial charge in [-0.3, -0.25) is 9.69 Å². The summed E-state index contributed by atoms with van der Waals surface area (Å²) in [6.45, 7) is 8.83. The fraction of sp³-hybridized carbons (Fsp3) is 0.833. The van der Waals surface area contributed by atoms with E-state index in [4.69, 9.17) is 9.26 Å². The average molecular weight is 438 g/mol. The minimum Gasteiger partial charge on any atom is -0.378 e. The number of ether oxygens (including phenoxy) is 1. The van der Waals surface area contributed by atoms with Gasteiger partial charge in [0.25, 0.3) is 0 Å². The second kappa shape index (κ2) is 11.9. The van der Waals surface area contributed by atoms with Crippen molar-refractivity contribution in [2.45, 2.75) is 64.1 Å². The maximum atomic E-state index is 12.6. The Balaban J connectivity index is 0.00000196. The zero-order valence-electron chi connectivity index (χ0n) is 16.7. The van der Waals surface area contributed by atoms with Gasteiger partial charge in [0, 0.05) is 19.0 Å². The SMILES string of the molecule is CCN(CC)Cc1nc(C2(NC(=O)CC3COCCN3)CCCC2)no1.Cl.Cl. The van der Waals surface area contributed by atoms with Crippen LogP contribution in [0.5, 0.6) is 0 Å². The lowest BCUT2D eigenvalue weighted by atomic mass is 9.96. The van der Waals surface area contributed by atoms with E-state index in [0.29, 0.717) is 37.9 Å². The summed E-state index contributed by atoms with van der Waals surface area (Å²) in [5, 5.41) is 10.8. The van der Waals surface area contributed by atoms with Crippen LogP contribution >= 0.6 is 24.8 Å². The van der Waals surface area contributed by atoms with Crippen LogP contribution < -0.4 is 10.6 Å². The molecular weight excluding hydrogens is 405 g/mol. The van der Waals surface area contributed by atoms with Gasteiger partial charge in [0.15, 0.2) is 5.82 Å². The first-order chi connectivity index (χ1) is 12.6. The zero-order valence-corrected chi connectivity index (χ0v) is 18.4. The Morgan fingerprint density at radius 2 is 2.00 bits per heavy atom. The normalized spacial score (nSPS) is 21.0. The number of nitrogens with zero attached hydrogens (tertiary/aromatic N) is 3. The van der Waals surface area contributed by atoms with Crippen LogP contribution in [0, 0.1) is 0 Å². The number of morpholine rings is 1. The molecule has 1 aliphatic carbocycles. The van der Waals surface area contributed by atoms with Crippen molar-refractivity contribution in [3.63, 3.8) is 0 Å². The highest BCUT2D eigenvalue weighted by atomic mass is 35.5. The van der Waals surface area contributed by atoms with Crippen molar-refractivity contribution in [2.75, 3.05) is 32.8 Å². The molecule has 162 valence electrons. The molecule has 1 aliphatic heterocycles. The number of nitrogens with one attached hydrogen (secondary N) is 2. The topological polar surface area (TPSA) is 92.5 Å². The van der Waals surface area contributed by atoms with Crippen molar-refractivity contribution >= 4 is 30.7 Å². The Bertz CT molecular complexity index is 586. The van der Waals surface area contributed by atoms with Crippen molar-refractivity contribution in [3.8, 4) is 0 Å². The lowest BCUT2D eigenvalue weighted by molar-refractivity contribution is -0.124. The fourth-order valence-corrected chi connectivity index (χ4v) is 3.83. The summed E-state index contributed by atoms with van der Waals surface area (Å²) in [5.41, 5.74) is -0.488. The zero-order chi connectivity index (χ0) is 18.4. The number of halogens is 2. The van der Waals surface area contributed by atoms with E-state index in [1.54, 1.807) is 0 Å². The molecule has 2 fully saturated rings. The van der Waals surface area contributed by atoms with Gasteiger partial charge >= 0.3 is 0 Å². The molecule has 0 spiro atoms. The van der Waals surface area contributed by atoms with Crippen molar-refractivity contribution in [3.05, 3.63) is 11.7 Å².